The largest absolute Gasteiger partial charge is 0.497 e. The summed E-state index contributed by atoms with van der Waals surface area (Å²) in [6.07, 6.45) is 0. The van der Waals surface area contributed by atoms with Crippen molar-refractivity contribution in [2.24, 2.45) is 4.99 Å². The molecule has 32 heavy (non-hydrogen) atoms. The van der Waals surface area contributed by atoms with Crippen molar-refractivity contribution >= 4 is 11.5 Å². The molecule has 1 saturated heterocycles. The van der Waals surface area contributed by atoms with Crippen LogP contribution in [-0.4, -0.2) is 48.9 Å². The zero-order valence-electron chi connectivity index (χ0n) is 18.8. The molecular formula is C28H29N3O. The zero-order valence-corrected chi connectivity index (χ0v) is 18.8. The Kier molecular flexibility index (Phi) is 7.22. The SMILES string of the molecule is COc1ccc(/N=C(/C#Cc2ccccc2)N2CCN(Cc3ccc(C)cc3)CC2)cc1. The van der Waals surface area contributed by atoms with E-state index in [-0.39, 0.29) is 0 Å². The highest BCUT2D eigenvalue weighted by Gasteiger charge is 2.19. The van der Waals surface area contributed by atoms with E-state index in [0.29, 0.717) is 0 Å². The molecule has 1 aliphatic rings. The number of aliphatic imine (C=N–C) groups is 1. The van der Waals surface area contributed by atoms with Gasteiger partial charge in [-0.1, -0.05) is 53.9 Å². The van der Waals surface area contributed by atoms with Gasteiger partial charge in [0.25, 0.3) is 0 Å². The molecule has 3 aromatic rings. The summed E-state index contributed by atoms with van der Waals surface area (Å²) in [5.74, 6) is 8.25. The number of hydrogen-bond acceptors (Lipinski definition) is 3. The van der Waals surface area contributed by atoms with Crippen LogP contribution >= 0.6 is 0 Å². The summed E-state index contributed by atoms with van der Waals surface area (Å²) in [5.41, 5.74) is 4.54. The second-order valence-corrected chi connectivity index (χ2v) is 8.00. The first-order valence-corrected chi connectivity index (χ1v) is 11.0. The fraction of sp³-hybridized carbons (Fsp3) is 0.250. The molecule has 0 radical (unpaired) electrons. The molecule has 4 rings (SSSR count). The minimum absolute atomic E-state index is 0.814. The van der Waals surface area contributed by atoms with E-state index in [1.807, 2.05) is 54.6 Å². The molecule has 0 bridgehead atoms. The molecule has 1 heterocycles. The lowest BCUT2D eigenvalue weighted by Crippen LogP contribution is -2.48. The van der Waals surface area contributed by atoms with Gasteiger partial charge >= 0.3 is 0 Å². The van der Waals surface area contributed by atoms with Gasteiger partial charge in [0.2, 0.25) is 0 Å². The second-order valence-electron chi connectivity index (χ2n) is 8.00. The molecule has 0 unspecified atom stereocenters. The van der Waals surface area contributed by atoms with Crippen LogP contribution in [0.1, 0.15) is 16.7 Å². The maximum atomic E-state index is 5.27. The summed E-state index contributed by atoms with van der Waals surface area (Å²) in [4.78, 5) is 9.68. The first-order chi connectivity index (χ1) is 15.7. The quantitative estimate of drug-likeness (QED) is 0.339. The highest BCUT2D eigenvalue weighted by molar-refractivity contribution is 6.00. The summed E-state index contributed by atoms with van der Waals surface area (Å²) in [7, 11) is 1.67. The molecule has 0 saturated carbocycles. The van der Waals surface area contributed by atoms with Gasteiger partial charge in [-0.15, -0.1) is 0 Å². The van der Waals surface area contributed by atoms with Gasteiger partial charge in [0.05, 0.1) is 12.8 Å². The van der Waals surface area contributed by atoms with Crippen molar-refractivity contribution in [2.45, 2.75) is 13.5 Å². The first-order valence-electron chi connectivity index (χ1n) is 11.0. The van der Waals surface area contributed by atoms with E-state index in [9.17, 15) is 0 Å². The monoisotopic (exact) mass is 423 g/mol. The first kappa shape index (κ1) is 21.7. The van der Waals surface area contributed by atoms with Crippen LogP contribution in [0.2, 0.25) is 0 Å². The Labute approximate surface area is 191 Å². The summed E-state index contributed by atoms with van der Waals surface area (Å²) >= 11 is 0. The van der Waals surface area contributed by atoms with Crippen LogP contribution < -0.4 is 4.74 Å². The predicted molar refractivity (Wildman–Crippen MR) is 131 cm³/mol. The van der Waals surface area contributed by atoms with Crippen molar-refractivity contribution in [3.63, 3.8) is 0 Å². The number of ether oxygens (including phenoxy) is 1. The van der Waals surface area contributed by atoms with E-state index in [1.165, 1.54) is 11.1 Å². The normalized spacial score (nSPS) is 14.6. The van der Waals surface area contributed by atoms with E-state index >= 15 is 0 Å². The number of methoxy groups -OCH3 is 1. The third-order valence-electron chi connectivity index (χ3n) is 5.60. The Balaban J connectivity index is 1.49. The molecule has 1 fully saturated rings. The Morgan fingerprint density at radius 1 is 0.875 bits per heavy atom. The van der Waals surface area contributed by atoms with Crippen molar-refractivity contribution in [1.82, 2.24) is 9.80 Å². The van der Waals surface area contributed by atoms with Crippen LogP contribution in [-0.2, 0) is 6.54 Å². The summed E-state index contributed by atoms with van der Waals surface area (Å²) < 4.78 is 5.27. The number of benzene rings is 3. The molecular weight excluding hydrogens is 394 g/mol. The van der Waals surface area contributed by atoms with Gasteiger partial charge in [0.15, 0.2) is 5.84 Å². The summed E-state index contributed by atoms with van der Waals surface area (Å²) in [5, 5.41) is 0. The van der Waals surface area contributed by atoms with Crippen LogP contribution in [0.5, 0.6) is 5.75 Å². The van der Waals surface area contributed by atoms with Gasteiger partial charge in [-0.05, 0) is 54.8 Å². The van der Waals surface area contributed by atoms with Crippen molar-refractivity contribution in [3.8, 4) is 17.6 Å². The van der Waals surface area contributed by atoms with E-state index in [0.717, 1.165) is 55.6 Å². The molecule has 0 atom stereocenters. The van der Waals surface area contributed by atoms with Gasteiger partial charge in [-0.2, -0.15) is 0 Å². The van der Waals surface area contributed by atoms with Gasteiger partial charge < -0.3 is 9.64 Å². The Bertz CT molecular complexity index is 1090. The van der Waals surface area contributed by atoms with Crippen molar-refractivity contribution in [1.29, 1.82) is 0 Å². The number of hydrogen-bond donors (Lipinski definition) is 0. The van der Waals surface area contributed by atoms with E-state index in [4.69, 9.17) is 9.73 Å². The zero-order chi connectivity index (χ0) is 22.2. The Hall–Kier alpha value is -3.55. The predicted octanol–water partition coefficient (Wildman–Crippen LogP) is 4.90. The minimum atomic E-state index is 0.814. The fourth-order valence-electron chi connectivity index (χ4n) is 3.68. The van der Waals surface area contributed by atoms with Gasteiger partial charge in [0, 0.05) is 38.3 Å². The van der Waals surface area contributed by atoms with E-state index < -0.39 is 0 Å². The molecule has 3 aromatic carbocycles. The van der Waals surface area contributed by atoms with E-state index in [2.05, 4.69) is 52.8 Å². The van der Waals surface area contributed by atoms with Crippen LogP contribution in [0.25, 0.3) is 0 Å². The van der Waals surface area contributed by atoms with Gasteiger partial charge in [-0.3, -0.25) is 4.90 Å². The maximum absolute atomic E-state index is 5.27. The van der Waals surface area contributed by atoms with E-state index in [1.54, 1.807) is 7.11 Å². The van der Waals surface area contributed by atoms with Crippen LogP contribution in [0, 0.1) is 18.8 Å². The Morgan fingerprint density at radius 2 is 1.56 bits per heavy atom. The highest BCUT2D eigenvalue weighted by atomic mass is 16.5. The lowest BCUT2D eigenvalue weighted by molar-refractivity contribution is 0.176. The maximum Gasteiger partial charge on any atom is 0.182 e. The van der Waals surface area contributed by atoms with Crippen LogP contribution in [0.15, 0.2) is 83.9 Å². The number of piperazine rings is 1. The average molecular weight is 424 g/mol. The molecule has 0 N–H and O–H groups in total. The molecule has 0 aliphatic carbocycles. The number of nitrogens with zero attached hydrogens (tertiary/aromatic N) is 3. The summed E-state index contributed by atoms with van der Waals surface area (Å²) in [6, 6.07) is 26.7. The van der Waals surface area contributed by atoms with Crippen LogP contribution in [0.4, 0.5) is 5.69 Å². The van der Waals surface area contributed by atoms with Crippen molar-refractivity contribution < 1.29 is 4.74 Å². The smallest absolute Gasteiger partial charge is 0.182 e. The number of amidine groups is 1. The molecule has 4 heteroatoms. The number of rotatable bonds is 4. The number of aryl methyl sites for hydroxylation is 1. The third kappa shape index (κ3) is 6.00. The van der Waals surface area contributed by atoms with Gasteiger partial charge in [0.1, 0.15) is 5.75 Å². The summed E-state index contributed by atoms with van der Waals surface area (Å²) in [6.45, 7) is 6.90. The topological polar surface area (TPSA) is 28.1 Å². The molecule has 162 valence electrons. The molecule has 0 amide bonds. The average Bonchev–Trinajstić information content (AvgIpc) is 2.85. The standard InChI is InChI=1S/C28H29N3O/c1-23-8-10-25(11-9-23)22-30-18-20-31(21-19-30)28(17-12-24-6-4-3-5-7-24)29-26-13-15-27(32-2)16-14-26/h3-11,13-16H,18-22H2,1-2H3/b29-28-. The van der Waals surface area contributed by atoms with Crippen molar-refractivity contribution in [2.75, 3.05) is 33.3 Å². The second kappa shape index (κ2) is 10.7. The molecule has 0 aromatic heterocycles. The minimum Gasteiger partial charge on any atom is -0.497 e. The van der Waals surface area contributed by atoms with Gasteiger partial charge in [-0.25, -0.2) is 4.99 Å². The third-order valence-corrected chi connectivity index (χ3v) is 5.60. The van der Waals surface area contributed by atoms with Crippen LogP contribution in [0.3, 0.4) is 0 Å². The fourth-order valence-corrected chi connectivity index (χ4v) is 3.68. The molecule has 1 aliphatic heterocycles. The molecule has 4 nitrogen and oxygen atoms in total. The lowest BCUT2D eigenvalue weighted by atomic mass is 10.1. The highest BCUT2D eigenvalue weighted by Crippen LogP contribution is 2.19. The molecule has 0 spiro atoms. The Morgan fingerprint density at radius 3 is 2.22 bits per heavy atom. The lowest BCUT2D eigenvalue weighted by Gasteiger charge is -2.35. The van der Waals surface area contributed by atoms with Crippen molar-refractivity contribution in [3.05, 3.63) is 95.6 Å².